The van der Waals surface area contributed by atoms with Gasteiger partial charge >= 0.3 is 0 Å². The zero-order valence-electron chi connectivity index (χ0n) is 9.68. The van der Waals surface area contributed by atoms with Crippen LogP contribution in [0.3, 0.4) is 0 Å². The monoisotopic (exact) mass is 219 g/mol. The quantitative estimate of drug-likeness (QED) is 0.827. The van der Waals surface area contributed by atoms with Crippen molar-refractivity contribution >= 4 is 11.0 Å². The van der Waals surface area contributed by atoms with Gasteiger partial charge in [-0.05, 0) is 19.2 Å². The Kier molecular flexibility index (Phi) is 3.54. The van der Waals surface area contributed by atoms with Crippen LogP contribution in [0.2, 0.25) is 0 Å². The molecule has 0 aliphatic carbocycles. The first-order chi connectivity index (χ1) is 7.86. The minimum Gasteiger partial charge on any atom is -0.382 e. The van der Waals surface area contributed by atoms with Gasteiger partial charge in [0.1, 0.15) is 0 Å². The van der Waals surface area contributed by atoms with E-state index in [0.717, 1.165) is 17.6 Å². The molecule has 0 amide bonds. The molecular weight excluding hydrogens is 202 g/mol. The van der Waals surface area contributed by atoms with Crippen LogP contribution in [0.1, 0.15) is 6.04 Å². The molecule has 0 spiro atoms. The maximum absolute atomic E-state index is 5.24. The van der Waals surface area contributed by atoms with Crippen LogP contribution in [0, 0.1) is 0 Å². The van der Waals surface area contributed by atoms with Crippen LogP contribution in [0.15, 0.2) is 30.6 Å². The Balaban J connectivity index is 2.36. The lowest BCUT2D eigenvalue weighted by molar-refractivity contribution is 0.156. The van der Waals surface area contributed by atoms with E-state index < -0.39 is 0 Å². The molecule has 0 saturated heterocycles. The van der Waals surface area contributed by atoms with Gasteiger partial charge in [-0.2, -0.15) is 0 Å². The molecule has 0 aliphatic rings. The highest BCUT2D eigenvalue weighted by Crippen LogP contribution is 2.17. The van der Waals surface area contributed by atoms with Crippen molar-refractivity contribution in [2.45, 2.75) is 6.04 Å². The number of methoxy groups -OCH3 is 1. The molecule has 0 bridgehead atoms. The molecule has 16 heavy (non-hydrogen) atoms. The average molecular weight is 219 g/mol. The number of imidazole rings is 1. The molecule has 86 valence electrons. The molecule has 1 heterocycles. The largest absolute Gasteiger partial charge is 0.382 e. The lowest BCUT2D eigenvalue weighted by Gasteiger charge is -2.18. The van der Waals surface area contributed by atoms with Crippen molar-refractivity contribution in [3.8, 4) is 0 Å². The van der Waals surface area contributed by atoms with E-state index in [2.05, 4.69) is 20.9 Å². The smallest absolute Gasteiger partial charge is 0.0962 e. The van der Waals surface area contributed by atoms with Crippen molar-refractivity contribution in [1.82, 2.24) is 14.9 Å². The zero-order chi connectivity index (χ0) is 11.4. The second kappa shape index (κ2) is 5.09. The molecule has 1 unspecified atom stereocenters. The average Bonchev–Trinajstić information content (AvgIpc) is 2.72. The van der Waals surface area contributed by atoms with Crippen molar-refractivity contribution in [3.63, 3.8) is 0 Å². The summed E-state index contributed by atoms with van der Waals surface area (Å²) >= 11 is 0. The highest BCUT2D eigenvalue weighted by Gasteiger charge is 2.12. The van der Waals surface area contributed by atoms with Gasteiger partial charge in [-0.25, -0.2) is 4.98 Å². The number of fused-ring (bicyclic) bond motifs is 1. The molecule has 1 atom stereocenters. The van der Waals surface area contributed by atoms with E-state index in [0.29, 0.717) is 6.61 Å². The summed E-state index contributed by atoms with van der Waals surface area (Å²) < 4.78 is 7.40. The third-order valence-electron chi connectivity index (χ3n) is 2.67. The molecule has 2 aromatic rings. The molecule has 1 aromatic carbocycles. The summed E-state index contributed by atoms with van der Waals surface area (Å²) in [5.41, 5.74) is 2.18. The van der Waals surface area contributed by atoms with Crippen LogP contribution in [0.4, 0.5) is 0 Å². The Morgan fingerprint density at radius 3 is 3.00 bits per heavy atom. The number of para-hydroxylation sites is 2. The number of aromatic nitrogens is 2. The Morgan fingerprint density at radius 1 is 1.44 bits per heavy atom. The van der Waals surface area contributed by atoms with E-state index in [1.54, 1.807) is 7.11 Å². The van der Waals surface area contributed by atoms with E-state index in [1.807, 2.05) is 31.6 Å². The topological polar surface area (TPSA) is 39.1 Å². The molecule has 0 saturated carbocycles. The summed E-state index contributed by atoms with van der Waals surface area (Å²) in [4.78, 5) is 4.38. The van der Waals surface area contributed by atoms with Crippen LogP contribution in [-0.2, 0) is 4.74 Å². The van der Waals surface area contributed by atoms with E-state index >= 15 is 0 Å². The van der Waals surface area contributed by atoms with Gasteiger partial charge in [0.05, 0.1) is 30.0 Å². The molecule has 1 N–H and O–H groups in total. The Hall–Kier alpha value is -1.39. The molecule has 2 rings (SSSR count). The predicted octanol–water partition coefficient (Wildman–Crippen LogP) is 1.44. The van der Waals surface area contributed by atoms with Gasteiger partial charge < -0.3 is 14.6 Å². The van der Waals surface area contributed by atoms with Crippen LogP contribution >= 0.6 is 0 Å². The fourth-order valence-electron chi connectivity index (χ4n) is 1.93. The minimum absolute atomic E-state index is 0.280. The first-order valence-electron chi connectivity index (χ1n) is 5.42. The Morgan fingerprint density at radius 2 is 2.25 bits per heavy atom. The second-order valence-electron chi connectivity index (χ2n) is 3.81. The van der Waals surface area contributed by atoms with Crippen molar-refractivity contribution in [1.29, 1.82) is 0 Å². The summed E-state index contributed by atoms with van der Waals surface area (Å²) in [5, 5.41) is 3.18. The number of benzene rings is 1. The number of likely N-dealkylation sites (N-methyl/N-ethyl adjacent to an activating group) is 1. The highest BCUT2D eigenvalue weighted by molar-refractivity contribution is 5.75. The highest BCUT2D eigenvalue weighted by atomic mass is 16.5. The Bertz CT molecular complexity index is 446. The number of nitrogens with zero attached hydrogens (tertiary/aromatic N) is 2. The molecule has 0 fully saturated rings. The predicted molar refractivity (Wildman–Crippen MR) is 64.6 cm³/mol. The van der Waals surface area contributed by atoms with Crippen LogP contribution in [0.25, 0.3) is 11.0 Å². The summed E-state index contributed by atoms with van der Waals surface area (Å²) in [5.74, 6) is 0. The third kappa shape index (κ3) is 2.08. The number of rotatable bonds is 5. The van der Waals surface area contributed by atoms with Crippen molar-refractivity contribution in [2.75, 3.05) is 27.3 Å². The van der Waals surface area contributed by atoms with Crippen molar-refractivity contribution in [2.24, 2.45) is 0 Å². The second-order valence-corrected chi connectivity index (χ2v) is 3.81. The minimum atomic E-state index is 0.280. The van der Waals surface area contributed by atoms with E-state index in [1.165, 1.54) is 0 Å². The molecule has 1 aromatic heterocycles. The van der Waals surface area contributed by atoms with Gasteiger partial charge in [-0.1, -0.05) is 12.1 Å². The maximum atomic E-state index is 5.24. The van der Waals surface area contributed by atoms with Crippen molar-refractivity contribution < 1.29 is 4.74 Å². The lowest BCUT2D eigenvalue weighted by atomic mass is 10.2. The molecular formula is C12H17N3O. The first kappa shape index (κ1) is 11.1. The van der Waals surface area contributed by atoms with Crippen LogP contribution < -0.4 is 5.32 Å². The van der Waals surface area contributed by atoms with Gasteiger partial charge in [-0.15, -0.1) is 0 Å². The molecule has 0 aliphatic heterocycles. The molecule has 4 nitrogen and oxygen atoms in total. The summed E-state index contributed by atoms with van der Waals surface area (Å²) in [6.07, 6.45) is 1.88. The maximum Gasteiger partial charge on any atom is 0.0962 e. The zero-order valence-corrected chi connectivity index (χ0v) is 9.68. The summed E-state index contributed by atoms with van der Waals surface area (Å²) in [7, 11) is 3.67. The number of ether oxygens (including phenoxy) is 1. The molecule has 0 radical (unpaired) electrons. The fourth-order valence-corrected chi connectivity index (χ4v) is 1.93. The lowest BCUT2D eigenvalue weighted by Crippen LogP contribution is -2.25. The van der Waals surface area contributed by atoms with Crippen LogP contribution in [-0.4, -0.2) is 36.9 Å². The van der Waals surface area contributed by atoms with Crippen LogP contribution in [0.5, 0.6) is 0 Å². The van der Waals surface area contributed by atoms with E-state index in [4.69, 9.17) is 4.74 Å². The van der Waals surface area contributed by atoms with Gasteiger partial charge in [0.25, 0.3) is 0 Å². The van der Waals surface area contributed by atoms with Gasteiger partial charge in [-0.3, -0.25) is 0 Å². The summed E-state index contributed by atoms with van der Waals surface area (Å²) in [6, 6.07) is 8.42. The van der Waals surface area contributed by atoms with E-state index in [-0.39, 0.29) is 6.04 Å². The first-order valence-corrected chi connectivity index (χ1v) is 5.42. The fraction of sp³-hybridized carbons (Fsp3) is 0.417. The van der Waals surface area contributed by atoms with Gasteiger partial charge in [0, 0.05) is 13.7 Å². The normalized spacial score (nSPS) is 13.1. The number of hydrogen-bond acceptors (Lipinski definition) is 3. The number of hydrogen-bond donors (Lipinski definition) is 1. The number of nitrogens with one attached hydrogen (secondary N) is 1. The van der Waals surface area contributed by atoms with Gasteiger partial charge in [0.15, 0.2) is 0 Å². The summed E-state index contributed by atoms with van der Waals surface area (Å²) in [6.45, 7) is 1.55. The SMILES string of the molecule is CNCC(COC)n1cnc2ccccc21. The third-order valence-corrected chi connectivity index (χ3v) is 2.67. The standard InChI is InChI=1S/C12H17N3O/c1-13-7-10(8-16-2)15-9-14-11-5-3-4-6-12(11)15/h3-6,9-10,13H,7-8H2,1-2H3. The van der Waals surface area contributed by atoms with Crippen molar-refractivity contribution in [3.05, 3.63) is 30.6 Å². The molecule has 4 heteroatoms. The Labute approximate surface area is 95.2 Å². The van der Waals surface area contributed by atoms with E-state index in [9.17, 15) is 0 Å². The van der Waals surface area contributed by atoms with Gasteiger partial charge in [0.2, 0.25) is 0 Å².